The maximum Gasteiger partial charge on any atom is 0.153 e. The molecule has 6 heteroatoms. The van der Waals surface area contributed by atoms with Crippen LogP contribution in [0.2, 0.25) is 0 Å². The summed E-state index contributed by atoms with van der Waals surface area (Å²) < 4.78 is 36.0. The zero-order chi connectivity index (χ0) is 13.6. The minimum Gasteiger partial charge on any atom is -0.302 e. The number of hydrogen-bond donors (Lipinski definition) is 0. The molecule has 3 atom stereocenters. The first kappa shape index (κ1) is 12.7. The average molecular weight is 267 g/mol. The molecular weight excluding hydrogens is 257 g/mol. The molecule has 0 aromatic heterocycles. The molecule has 0 saturated heterocycles. The molecule has 18 heavy (non-hydrogen) atoms. The SMILES string of the molecule is CS(=O)(=O)[C@H]1[C@H](c2ccc(F)cc2)[C@@]1(C#N)C=O. The molecule has 2 rings (SSSR count). The van der Waals surface area contributed by atoms with Crippen LogP contribution in [0.15, 0.2) is 24.3 Å². The van der Waals surface area contributed by atoms with E-state index in [1.807, 2.05) is 0 Å². The van der Waals surface area contributed by atoms with Crippen molar-refractivity contribution in [2.75, 3.05) is 6.26 Å². The third-order valence-corrected chi connectivity index (χ3v) is 4.84. The van der Waals surface area contributed by atoms with E-state index in [9.17, 15) is 17.6 Å². The molecule has 0 aliphatic heterocycles. The Morgan fingerprint density at radius 1 is 1.39 bits per heavy atom. The summed E-state index contributed by atoms with van der Waals surface area (Å²) in [5.41, 5.74) is -1.05. The maximum atomic E-state index is 12.8. The summed E-state index contributed by atoms with van der Waals surface area (Å²) in [4.78, 5) is 11.1. The normalized spacial score (nSPS) is 30.5. The Morgan fingerprint density at radius 3 is 2.28 bits per heavy atom. The third-order valence-electron chi connectivity index (χ3n) is 3.26. The van der Waals surface area contributed by atoms with Gasteiger partial charge in [0.05, 0.1) is 11.3 Å². The van der Waals surface area contributed by atoms with E-state index < -0.39 is 32.2 Å². The first-order valence-electron chi connectivity index (χ1n) is 5.18. The number of aldehydes is 1. The van der Waals surface area contributed by atoms with Crippen molar-refractivity contribution in [1.29, 1.82) is 5.26 Å². The second-order valence-corrected chi connectivity index (χ2v) is 6.61. The molecule has 94 valence electrons. The van der Waals surface area contributed by atoms with E-state index in [-0.39, 0.29) is 0 Å². The highest BCUT2D eigenvalue weighted by Crippen LogP contribution is 2.61. The van der Waals surface area contributed by atoms with Crippen molar-refractivity contribution in [2.45, 2.75) is 11.2 Å². The van der Waals surface area contributed by atoms with Crippen LogP contribution < -0.4 is 0 Å². The molecule has 0 heterocycles. The van der Waals surface area contributed by atoms with Crippen LogP contribution >= 0.6 is 0 Å². The van der Waals surface area contributed by atoms with Crippen LogP contribution in [0.3, 0.4) is 0 Å². The van der Waals surface area contributed by atoms with Gasteiger partial charge in [-0.05, 0) is 17.7 Å². The Labute approximate surface area is 104 Å². The molecule has 4 nitrogen and oxygen atoms in total. The molecule has 1 aromatic carbocycles. The number of sulfone groups is 1. The zero-order valence-corrected chi connectivity index (χ0v) is 10.3. The molecule has 0 N–H and O–H groups in total. The summed E-state index contributed by atoms with van der Waals surface area (Å²) in [5, 5.41) is 8.01. The van der Waals surface area contributed by atoms with Crippen molar-refractivity contribution in [1.82, 2.24) is 0 Å². The molecule has 0 spiro atoms. The van der Waals surface area contributed by atoms with Gasteiger partial charge in [-0.2, -0.15) is 5.26 Å². The van der Waals surface area contributed by atoms with Gasteiger partial charge in [0, 0.05) is 12.2 Å². The molecule has 1 aliphatic carbocycles. The van der Waals surface area contributed by atoms with Crippen molar-refractivity contribution in [3.63, 3.8) is 0 Å². The summed E-state index contributed by atoms with van der Waals surface area (Å²) in [6.07, 6.45) is 1.38. The van der Waals surface area contributed by atoms with Gasteiger partial charge in [0.25, 0.3) is 0 Å². The largest absolute Gasteiger partial charge is 0.302 e. The molecule has 0 bridgehead atoms. The zero-order valence-electron chi connectivity index (χ0n) is 9.50. The molecule has 1 aromatic rings. The number of nitriles is 1. The lowest BCUT2D eigenvalue weighted by atomic mass is 10.0. The van der Waals surface area contributed by atoms with Crippen LogP contribution in [0.1, 0.15) is 11.5 Å². The van der Waals surface area contributed by atoms with Gasteiger partial charge in [-0.25, -0.2) is 12.8 Å². The van der Waals surface area contributed by atoms with Gasteiger partial charge in [-0.1, -0.05) is 12.1 Å². The van der Waals surface area contributed by atoms with Gasteiger partial charge in [-0.3, -0.25) is 0 Å². The predicted octanol–water partition coefficient (Wildman–Crippen LogP) is 1.04. The molecule has 1 saturated carbocycles. The minimum atomic E-state index is -3.52. The summed E-state index contributed by atoms with van der Waals surface area (Å²) in [7, 11) is -3.52. The second-order valence-electron chi connectivity index (χ2n) is 4.44. The first-order valence-corrected chi connectivity index (χ1v) is 7.14. The molecule has 0 unspecified atom stereocenters. The van der Waals surface area contributed by atoms with Gasteiger partial charge in [-0.15, -0.1) is 0 Å². The van der Waals surface area contributed by atoms with Crippen LogP contribution in [-0.2, 0) is 14.6 Å². The fourth-order valence-corrected chi connectivity index (χ4v) is 4.16. The van der Waals surface area contributed by atoms with E-state index in [0.29, 0.717) is 11.8 Å². The number of benzene rings is 1. The van der Waals surface area contributed by atoms with E-state index in [0.717, 1.165) is 6.26 Å². The lowest BCUT2D eigenvalue weighted by molar-refractivity contribution is -0.110. The van der Waals surface area contributed by atoms with Gasteiger partial charge in [0.15, 0.2) is 9.84 Å². The van der Waals surface area contributed by atoms with E-state index in [1.165, 1.54) is 24.3 Å². The fraction of sp³-hybridized carbons (Fsp3) is 0.333. The van der Waals surface area contributed by atoms with Gasteiger partial charge in [0.2, 0.25) is 0 Å². The highest BCUT2D eigenvalue weighted by atomic mass is 32.2. The van der Waals surface area contributed by atoms with Crippen LogP contribution in [0.4, 0.5) is 4.39 Å². The van der Waals surface area contributed by atoms with E-state index in [4.69, 9.17) is 5.26 Å². The number of hydrogen-bond acceptors (Lipinski definition) is 4. The predicted molar refractivity (Wildman–Crippen MR) is 61.9 cm³/mol. The van der Waals surface area contributed by atoms with Crippen LogP contribution in [-0.4, -0.2) is 26.2 Å². The van der Waals surface area contributed by atoms with E-state index in [2.05, 4.69) is 0 Å². The molecule has 0 amide bonds. The van der Waals surface area contributed by atoms with Gasteiger partial charge in [0.1, 0.15) is 17.5 Å². The van der Waals surface area contributed by atoms with Gasteiger partial charge >= 0.3 is 0 Å². The average Bonchev–Trinajstić information content (AvgIpc) is 3.00. The number of carbonyl (C=O) groups is 1. The Morgan fingerprint density at radius 2 is 1.94 bits per heavy atom. The lowest BCUT2D eigenvalue weighted by Gasteiger charge is -1.99. The highest BCUT2D eigenvalue weighted by molar-refractivity contribution is 7.91. The Kier molecular flexibility index (Phi) is 2.74. The summed E-state index contributed by atoms with van der Waals surface area (Å²) >= 11 is 0. The second kappa shape index (κ2) is 3.89. The Balaban J connectivity index is 2.49. The van der Waals surface area contributed by atoms with Crippen LogP contribution in [0.25, 0.3) is 0 Å². The Bertz CT molecular complexity index is 632. The van der Waals surface area contributed by atoms with Crippen molar-refractivity contribution < 1.29 is 17.6 Å². The summed E-state index contributed by atoms with van der Waals surface area (Å²) in [6.45, 7) is 0. The number of halogens is 1. The highest BCUT2D eigenvalue weighted by Gasteiger charge is 2.71. The van der Waals surface area contributed by atoms with Gasteiger partial charge < -0.3 is 4.79 Å². The van der Waals surface area contributed by atoms with Crippen molar-refractivity contribution >= 4 is 16.1 Å². The standard InChI is InChI=1S/C12H10FNO3S/c1-18(16,17)11-10(12(11,6-14)7-15)8-2-4-9(13)5-3-8/h2-5,7,10-11H,1H3/t10-,11-,12+/m0/s1. The summed E-state index contributed by atoms with van der Waals surface area (Å²) in [6, 6.07) is 6.95. The number of nitrogens with zero attached hydrogens (tertiary/aromatic N) is 1. The lowest BCUT2D eigenvalue weighted by Crippen LogP contribution is -2.14. The molecular formula is C12H10FNO3S. The van der Waals surface area contributed by atoms with E-state index in [1.54, 1.807) is 6.07 Å². The van der Waals surface area contributed by atoms with Crippen LogP contribution in [0, 0.1) is 22.6 Å². The first-order chi connectivity index (χ1) is 8.36. The monoisotopic (exact) mass is 267 g/mol. The number of rotatable bonds is 3. The van der Waals surface area contributed by atoms with Crippen LogP contribution in [0.5, 0.6) is 0 Å². The smallest absolute Gasteiger partial charge is 0.153 e. The minimum absolute atomic E-state index is 0.382. The number of carbonyl (C=O) groups excluding carboxylic acids is 1. The maximum absolute atomic E-state index is 12.8. The third kappa shape index (κ3) is 1.71. The van der Waals surface area contributed by atoms with E-state index >= 15 is 0 Å². The molecule has 1 fully saturated rings. The fourth-order valence-electron chi connectivity index (χ4n) is 2.40. The quantitative estimate of drug-likeness (QED) is 0.767. The van der Waals surface area contributed by atoms with Crippen molar-refractivity contribution in [2.24, 2.45) is 5.41 Å². The van der Waals surface area contributed by atoms with Crippen molar-refractivity contribution in [3.05, 3.63) is 35.6 Å². The molecule has 0 radical (unpaired) electrons. The summed E-state index contributed by atoms with van der Waals surface area (Å²) in [5.74, 6) is -1.17. The molecule has 1 aliphatic rings. The topological polar surface area (TPSA) is 75.0 Å². The Hall–Kier alpha value is -1.74. The van der Waals surface area contributed by atoms with Crippen molar-refractivity contribution in [3.8, 4) is 6.07 Å².